The largest absolute Gasteiger partial charge is 0.397 e. The summed E-state index contributed by atoms with van der Waals surface area (Å²) >= 11 is 0. The lowest BCUT2D eigenvalue weighted by Gasteiger charge is -2.27. The highest BCUT2D eigenvalue weighted by atomic mass is 19.4. The first-order chi connectivity index (χ1) is 17.8. The lowest BCUT2D eigenvalue weighted by Crippen LogP contribution is -2.50. The smallest absolute Gasteiger partial charge is 0.344 e. The molecule has 0 bridgehead atoms. The van der Waals surface area contributed by atoms with Crippen LogP contribution < -0.4 is 10.6 Å². The molecule has 1 aliphatic heterocycles. The van der Waals surface area contributed by atoms with Gasteiger partial charge in [-0.2, -0.15) is 18.4 Å². The SMILES string of the molecule is CC(NC(=O)C1C=CC(C)(C(F)(F)F)C1)C(=O)N(C)CC(=O)N1CC(C(=O)Nc2ccccc2)CC1C#N. The van der Waals surface area contributed by atoms with Gasteiger partial charge in [-0.3, -0.25) is 19.2 Å². The fraction of sp³-hybridized carbons (Fsp3) is 0.500. The molecule has 5 atom stereocenters. The van der Waals surface area contributed by atoms with E-state index in [-0.39, 0.29) is 18.9 Å². The van der Waals surface area contributed by atoms with Crippen molar-refractivity contribution in [2.75, 3.05) is 25.5 Å². The minimum absolute atomic E-state index is 0.00996. The average molecular weight is 534 g/mol. The second-order valence-electron chi connectivity index (χ2n) is 9.99. The molecule has 204 valence electrons. The Balaban J connectivity index is 1.53. The third-order valence-corrected chi connectivity index (χ3v) is 6.99. The van der Waals surface area contributed by atoms with Crippen LogP contribution in [0.1, 0.15) is 26.7 Å². The van der Waals surface area contributed by atoms with E-state index in [9.17, 15) is 37.6 Å². The van der Waals surface area contributed by atoms with Gasteiger partial charge in [0.25, 0.3) is 0 Å². The van der Waals surface area contributed by atoms with Gasteiger partial charge in [-0.25, -0.2) is 0 Å². The highest BCUT2D eigenvalue weighted by Crippen LogP contribution is 2.48. The highest BCUT2D eigenvalue weighted by molar-refractivity contribution is 5.94. The van der Waals surface area contributed by atoms with Crippen molar-refractivity contribution in [3.8, 4) is 6.07 Å². The van der Waals surface area contributed by atoms with E-state index in [1.165, 1.54) is 24.9 Å². The lowest BCUT2D eigenvalue weighted by atomic mass is 9.86. The molecule has 1 aliphatic carbocycles. The van der Waals surface area contributed by atoms with Crippen molar-refractivity contribution in [2.45, 2.75) is 44.9 Å². The molecule has 1 aromatic rings. The monoisotopic (exact) mass is 533 g/mol. The number of para-hydroxylation sites is 1. The lowest BCUT2D eigenvalue weighted by molar-refractivity contribution is -0.201. The van der Waals surface area contributed by atoms with Crippen molar-refractivity contribution in [3.63, 3.8) is 0 Å². The van der Waals surface area contributed by atoms with Crippen LogP contribution in [-0.2, 0) is 19.2 Å². The minimum Gasteiger partial charge on any atom is -0.344 e. The number of amides is 4. The van der Waals surface area contributed by atoms with Gasteiger partial charge in [-0.1, -0.05) is 30.4 Å². The van der Waals surface area contributed by atoms with E-state index in [0.717, 1.165) is 17.9 Å². The van der Waals surface area contributed by atoms with Crippen LogP contribution in [0.25, 0.3) is 0 Å². The number of halogens is 3. The van der Waals surface area contributed by atoms with Gasteiger partial charge in [0.2, 0.25) is 23.6 Å². The Morgan fingerprint density at radius 3 is 2.45 bits per heavy atom. The topological polar surface area (TPSA) is 123 Å². The average Bonchev–Trinajstić information content (AvgIpc) is 3.49. The number of hydrogen-bond acceptors (Lipinski definition) is 5. The molecule has 0 aromatic heterocycles. The summed E-state index contributed by atoms with van der Waals surface area (Å²) in [4.78, 5) is 53.2. The van der Waals surface area contributed by atoms with Crippen molar-refractivity contribution in [1.29, 1.82) is 5.26 Å². The number of benzene rings is 1. The molecule has 1 aromatic carbocycles. The van der Waals surface area contributed by atoms with Crippen molar-refractivity contribution >= 4 is 29.3 Å². The molecule has 38 heavy (non-hydrogen) atoms. The van der Waals surface area contributed by atoms with Crippen LogP contribution >= 0.6 is 0 Å². The summed E-state index contributed by atoms with van der Waals surface area (Å²) in [6.07, 6.45) is -2.66. The predicted octanol–water partition coefficient (Wildman–Crippen LogP) is 2.47. The van der Waals surface area contributed by atoms with Crippen LogP contribution in [0.3, 0.4) is 0 Å². The summed E-state index contributed by atoms with van der Waals surface area (Å²) in [6.45, 7) is 1.99. The van der Waals surface area contributed by atoms with Gasteiger partial charge in [0, 0.05) is 19.3 Å². The molecule has 1 heterocycles. The highest BCUT2D eigenvalue weighted by Gasteiger charge is 2.53. The number of nitrogens with one attached hydrogen (secondary N) is 2. The van der Waals surface area contributed by atoms with E-state index >= 15 is 0 Å². The summed E-state index contributed by atoms with van der Waals surface area (Å²) in [5.41, 5.74) is -1.53. The number of hydrogen-bond donors (Lipinski definition) is 2. The molecule has 2 aliphatic rings. The van der Waals surface area contributed by atoms with Crippen LogP contribution in [0.5, 0.6) is 0 Å². The Bertz CT molecular complexity index is 1150. The molecule has 4 amide bonds. The fourth-order valence-electron chi connectivity index (χ4n) is 4.59. The van der Waals surface area contributed by atoms with Gasteiger partial charge >= 0.3 is 6.18 Å². The summed E-state index contributed by atoms with van der Waals surface area (Å²) in [7, 11) is 1.34. The minimum atomic E-state index is -4.50. The molecule has 9 nitrogen and oxygen atoms in total. The summed E-state index contributed by atoms with van der Waals surface area (Å²) in [6, 6.07) is 8.85. The number of carbonyl (C=O) groups is 4. The number of likely N-dealkylation sites (tertiary alicyclic amines) is 1. The molecule has 1 saturated heterocycles. The number of nitriles is 1. The van der Waals surface area contributed by atoms with Crippen LogP contribution in [0.2, 0.25) is 0 Å². The Hall–Kier alpha value is -3.88. The number of likely N-dealkylation sites (N-methyl/N-ethyl adjacent to an activating group) is 1. The maximum absolute atomic E-state index is 13.2. The van der Waals surface area contributed by atoms with Crippen molar-refractivity contribution in [3.05, 3.63) is 42.5 Å². The first-order valence-corrected chi connectivity index (χ1v) is 12.1. The first-order valence-electron chi connectivity index (χ1n) is 12.1. The number of anilines is 1. The van der Waals surface area contributed by atoms with Gasteiger partial charge < -0.3 is 20.4 Å². The second kappa shape index (κ2) is 11.2. The number of nitrogens with zero attached hydrogens (tertiary/aromatic N) is 3. The van der Waals surface area contributed by atoms with Gasteiger partial charge in [-0.05, 0) is 38.8 Å². The van der Waals surface area contributed by atoms with Crippen LogP contribution in [0.4, 0.5) is 18.9 Å². The van der Waals surface area contributed by atoms with Crippen LogP contribution in [0, 0.1) is 28.6 Å². The van der Waals surface area contributed by atoms with Gasteiger partial charge in [0.15, 0.2) is 0 Å². The second-order valence-corrected chi connectivity index (χ2v) is 9.99. The number of allylic oxidation sites excluding steroid dienone is 1. The van der Waals surface area contributed by atoms with E-state index < -0.39 is 66.2 Å². The Morgan fingerprint density at radius 2 is 1.87 bits per heavy atom. The molecule has 3 rings (SSSR count). The summed E-state index contributed by atoms with van der Waals surface area (Å²) in [5.74, 6) is -3.85. The molecule has 5 unspecified atom stereocenters. The third kappa shape index (κ3) is 6.33. The maximum Gasteiger partial charge on any atom is 0.397 e. The van der Waals surface area contributed by atoms with Gasteiger partial charge in [-0.15, -0.1) is 0 Å². The van der Waals surface area contributed by atoms with Gasteiger partial charge in [0.1, 0.15) is 12.1 Å². The number of carbonyl (C=O) groups excluding carboxylic acids is 4. The maximum atomic E-state index is 13.2. The molecule has 0 saturated carbocycles. The molecule has 0 radical (unpaired) electrons. The quantitative estimate of drug-likeness (QED) is 0.522. The van der Waals surface area contributed by atoms with Crippen molar-refractivity contribution < 1.29 is 32.3 Å². The zero-order valence-corrected chi connectivity index (χ0v) is 21.3. The predicted molar refractivity (Wildman–Crippen MR) is 131 cm³/mol. The van der Waals surface area contributed by atoms with E-state index in [1.807, 2.05) is 6.07 Å². The van der Waals surface area contributed by atoms with Gasteiger partial charge in [0.05, 0.1) is 29.9 Å². The number of rotatable bonds is 7. The molecule has 2 N–H and O–H groups in total. The molecule has 1 fully saturated rings. The van der Waals surface area contributed by atoms with Crippen molar-refractivity contribution in [1.82, 2.24) is 15.1 Å². The number of alkyl halides is 3. The zero-order chi connectivity index (χ0) is 28.3. The molecular formula is C26H30F3N5O4. The van der Waals surface area contributed by atoms with Crippen LogP contribution in [-0.4, -0.2) is 71.8 Å². The third-order valence-electron chi connectivity index (χ3n) is 6.99. The first kappa shape index (κ1) is 28.7. The molecular weight excluding hydrogens is 503 g/mol. The van der Waals surface area contributed by atoms with Crippen LogP contribution in [0.15, 0.2) is 42.5 Å². The molecule has 12 heteroatoms. The standard InChI is InChI=1S/C26H30F3N5O4/c1-16(31-22(36)17-9-10-25(2,12-17)26(27,28)29)24(38)33(3)15-21(35)34-14-18(11-20(34)13-30)23(37)32-19-7-5-4-6-8-19/h4-10,16-18,20H,11-12,14-15H2,1-3H3,(H,31,36)(H,32,37). The van der Waals surface area contributed by atoms with E-state index in [0.29, 0.717) is 5.69 Å². The summed E-state index contributed by atoms with van der Waals surface area (Å²) in [5, 5.41) is 14.7. The summed E-state index contributed by atoms with van der Waals surface area (Å²) < 4.78 is 39.7. The van der Waals surface area contributed by atoms with E-state index in [2.05, 4.69) is 10.6 Å². The Kier molecular flexibility index (Phi) is 8.49. The normalized spacial score (nSPS) is 25.4. The van der Waals surface area contributed by atoms with Crippen molar-refractivity contribution in [2.24, 2.45) is 17.3 Å². The van der Waals surface area contributed by atoms with E-state index in [4.69, 9.17) is 0 Å². The fourth-order valence-corrected chi connectivity index (χ4v) is 4.59. The Labute approximate surface area is 218 Å². The van der Waals surface area contributed by atoms with E-state index in [1.54, 1.807) is 30.3 Å². The zero-order valence-electron chi connectivity index (χ0n) is 21.3. The Morgan fingerprint density at radius 1 is 1.21 bits per heavy atom. The molecule has 0 spiro atoms.